The van der Waals surface area contributed by atoms with Gasteiger partial charge in [-0.1, -0.05) is 30.3 Å². The van der Waals surface area contributed by atoms with Crippen LogP contribution in [0.15, 0.2) is 71.7 Å². The fraction of sp³-hybridized carbons (Fsp3) is 0.296. The highest BCUT2D eigenvalue weighted by atomic mass is 16.6. The lowest BCUT2D eigenvalue weighted by Gasteiger charge is -2.44. The molecule has 0 bridgehead atoms. The van der Waals surface area contributed by atoms with Gasteiger partial charge in [-0.15, -0.1) is 0 Å². The number of nitriles is 1. The number of fused-ring (bicyclic) bond motifs is 1. The van der Waals surface area contributed by atoms with Gasteiger partial charge >= 0.3 is 5.97 Å². The van der Waals surface area contributed by atoms with E-state index in [1.54, 1.807) is 35.0 Å². The number of carbonyl (C=O) groups excluding carboxylic acids is 1. The fourth-order valence-corrected chi connectivity index (χ4v) is 4.22. The number of carbonyl (C=O) groups is 1. The lowest BCUT2D eigenvalue weighted by Crippen LogP contribution is -2.54. The lowest BCUT2D eigenvalue weighted by atomic mass is 9.85. The Hall–Kier alpha value is -3.89. The third-order valence-electron chi connectivity index (χ3n) is 5.77. The first-order valence-electron chi connectivity index (χ1n) is 11.0. The van der Waals surface area contributed by atoms with Crippen molar-refractivity contribution in [3.8, 4) is 11.8 Å². The Morgan fingerprint density at radius 2 is 1.82 bits per heavy atom. The molecule has 34 heavy (non-hydrogen) atoms. The summed E-state index contributed by atoms with van der Waals surface area (Å²) in [6.07, 6.45) is 0.920. The van der Waals surface area contributed by atoms with E-state index in [0.29, 0.717) is 30.1 Å². The largest absolute Gasteiger partial charge is 0.484 e. The highest BCUT2D eigenvalue weighted by Crippen LogP contribution is 2.43. The molecule has 7 nitrogen and oxygen atoms in total. The van der Waals surface area contributed by atoms with Crippen LogP contribution in [0.5, 0.6) is 5.75 Å². The minimum Gasteiger partial charge on any atom is -0.484 e. The standard InChI is InChI=1S/C27H26N2O5/c1-18(30)33-26-25(22-13-20(14-28)9-11-23(22)34-27(26,2)3)29-15-21(10-12-24(29)31)17-32-16-19-7-5-4-6-8-19/h4-13,15,25-26H,16-17H2,1-3H3/t25-,26+/m0/s1. The Bertz CT molecular complexity index is 1290. The maximum Gasteiger partial charge on any atom is 0.303 e. The van der Waals surface area contributed by atoms with Gasteiger partial charge in [-0.3, -0.25) is 9.59 Å². The molecule has 2 aromatic carbocycles. The highest BCUT2D eigenvalue weighted by Gasteiger charge is 2.47. The molecule has 0 radical (unpaired) electrons. The molecule has 0 saturated carbocycles. The zero-order chi connectivity index (χ0) is 24.3. The van der Waals surface area contributed by atoms with Gasteiger partial charge in [-0.2, -0.15) is 5.26 Å². The van der Waals surface area contributed by atoms with E-state index in [4.69, 9.17) is 14.2 Å². The van der Waals surface area contributed by atoms with E-state index in [9.17, 15) is 14.9 Å². The van der Waals surface area contributed by atoms with Crippen LogP contribution in [-0.2, 0) is 27.5 Å². The summed E-state index contributed by atoms with van der Waals surface area (Å²) in [5.74, 6) is 0.0528. The molecule has 174 valence electrons. The molecule has 0 spiro atoms. The smallest absolute Gasteiger partial charge is 0.303 e. The van der Waals surface area contributed by atoms with Crippen LogP contribution in [-0.4, -0.2) is 22.2 Å². The van der Waals surface area contributed by atoms with Gasteiger partial charge < -0.3 is 18.8 Å². The van der Waals surface area contributed by atoms with Crippen molar-refractivity contribution < 1.29 is 19.0 Å². The summed E-state index contributed by atoms with van der Waals surface area (Å²) in [5, 5.41) is 9.44. The molecule has 0 aliphatic carbocycles. The molecular formula is C27H26N2O5. The molecule has 2 atom stereocenters. The van der Waals surface area contributed by atoms with Crippen molar-refractivity contribution in [3.63, 3.8) is 0 Å². The number of ether oxygens (including phenoxy) is 3. The third kappa shape index (κ3) is 4.87. The second kappa shape index (κ2) is 9.54. The van der Waals surface area contributed by atoms with Crippen LogP contribution in [0.1, 0.15) is 49.1 Å². The van der Waals surface area contributed by atoms with Gasteiger partial charge in [0.15, 0.2) is 6.10 Å². The van der Waals surface area contributed by atoms with Crippen LogP contribution < -0.4 is 10.3 Å². The SMILES string of the molecule is CC(=O)O[C@@H]1[C@@H](n2cc(COCc3ccccc3)ccc2=O)c2cc(C#N)ccc2OC1(C)C. The van der Waals surface area contributed by atoms with Crippen LogP contribution in [0.3, 0.4) is 0 Å². The van der Waals surface area contributed by atoms with Crippen molar-refractivity contribution in [2.24, 2.45) is 0 Å². The topological polar surface area (TPSA) is 90.5 Å². The van der Waals surface area contributed by atoms with Gasteiger partial charge in [-0.05, 0) is 49.2 Å². The molecule has 0 fully saturated rings. The zero-order valence-electron chi connectivity index (χ0n) is 19.4. The number of aromatic nitrogens is 1. The first-order chi connectivity index (χ1) is 16.3. The normalized spacial score (nSPS) is 18.3. The Morgan fingerprint density at radius 3 is 2.53 bits per heavy atom. The number of hydrogen-bond acceptors (Lipinski definition) is 6. The van der Waals surface area contributed by atoms with E-state index < -0.39 is 23.7 Å². The average molecular weight is 459 g/mol. The van der Waals surface area contributed by atoms with Crippen molar-refractivity contribution >= 4 is 5.97 Å². The monoisotopic (exact) mass is 458 g/mol. The maximum atomic E-state index is 13.0. The highest BCUT2D eigenvalue weighted by molar-refractivity contribution is 5.66. The summed E-state index contributed by atoms with van der Waals surface area (Å²) in [6.45, 7) is 5.68. The fourth-order valence-electron chi connectivity index (χ4n) is 4.22. The third-order valence-corrected chi connectivity index (χ3v) is 5.77. The van der Waals surface area contributed by atoms with Crippen molar-refractivity contribution in [3.05, 3.63) is 99.5 Å². The van der Waals surface area contributed by atoms with Crippen molar-refractivity contribution in [1.82, 2.24) is 4.57 Å². The van der Waals surface area contributed by atoms with Crippen LogP contribution in [0.4, 0.5) is 0 Å². The van der Waals surface area contributed by atoms with E-state index in [-0.39, 0.29) is 5.56 Å². The van der Waals surface area contributed by atoms with Crippen LogP contribution in [0.2, 0.25) is 0 Å². The summed E-state index contributed by atoms with van der Waals surface area (Å²) < 4.78 is 19.2. The van der Waals surface area contributed by atoms with Gasteiger partial charge in [0, 0.05) is 24.8 Å². The predicted octanol–water partition coefficient (Wildman–Crippen LogP) is 4.13. The number of benzene rings is 2. The quantitative estimate of drug-likeness (QED) is 0.516. The van der Waals surface area contributed by atoms with Crippen molar-refractivity contribution in [2.45, 2.75) is 51.7 Å². The lowest BCUT2D eigenvalue weighted by molar-refractivity contribution is -0.163. The van der Waals surface area contributed by atoms with Crippen LogP contribution in [0, 0.1) is 11.3 Å². The number of rotatable bonds is 6. The first-order valence-corrected chi connectivity index (χ1v) is 11.0. The van der Waals surface area contributed by atoms with Crippen molar-refractivity contribution in [2.75, 3.05) is 0 Å². The molecule has 0 N–H and O–H groups in total. The summed E-state index contributed by atoms with van der Waals surface area (Å²) in [6, 6.07) is 19.5. The van der Waals surface area contributed by atoms with Gasteiger partial charge in [0.25, 0.3) is 5.56 Å². The first kappa shape index (κ1) is 23.3. The second-order valence-electron chi connectivity index (χ2n) is 8.81. The summed E-state index contributed by atoms with van der Waals surface area (Å²) in [4.78, 5) is 25.1. The minimum absolute atomic E-state index is 0.264. The zero-order valence-corrected chi connectivity index (χ0v) is 19.4. The number of esters is 1. The number of pyridine rings is 1. The number of nitrogens with zero attached hydrogens (tertiary/aromatic N) is 2. The summed E-state index contributed by atoms with van der Waals surface area (Å²) in [5.41, 5.74) is 1.68. The summed E-state index contributed by atoms with van der Waals surface area (Å²) in [7, 11) is 0. The molecule has 4 rings (SSSR count). The Morgan fingerprint density at radius 1 is 1.09 bits per heavy atom. The van der Waals surface area contributed by atoms with E-state index in [1.807, 2.05) is 44.2 Å². The summed E-state index contributed by atoms with van der Waals surface area (Å²) >= 11 is 0. The minimum atomic E-state index is -0.920. The second-order valence-corrected chi connectivity index (χ2v) is 8.81. The molecule has 1 aromatic heterocycles. The molecule has 3 aromatic rings. The van der Waals surface area contributed by atoms with Gasteiger partial charge in [-0.25, -0.2) is 0 Å². The maximum absolute atomic E-state index is 13.0. The van der Waals surface area contributed by atoms with Gasteiger partial charge in [0.2, 0.25) is 0 Å². The predicted molar refractivity (Wildman–Crippen MR) is 125 cm³/mol. The van der Waals surface area contributed by atoms with Crippen LogP contribution in [0.25, 0.3) is 0 Å². The Balaban J connectivity index is 1.73. The average Bonchev–Trinajstić information content (AvgIpc) is 2.81. The Labute approximate surface area is 198 Å². The van der Waals surface area contributed by atoms with E-state index in [1.165, 1.54) is 13.0 Å². The Kier molecular flexibility index (Phi) is 6.53. The number of hydrogen-bond donors (Lipinski definition) is 0. The molecule has 1 aliphatic rings. The van der Waals surface area contributed by atoms with Crippen molar-refractivity contribution in [1.29, 1.82) is 5.26 Å². The molecule has 0 unspecified atom stereocenters. The molecular weight excluding hydrogens is 432 g/mol. The van der Waals surface area contributed by atoms with Gasteiger partial charge in [0.05, 0.1) is 24.8 Å². The molecule has 0 saturated heterocycles. The molecule has 1 aliphatic heterocycles. The van der Waals surface area contributed by atoms with E-state index >= 15 is 0 Å². The van der Waals surface area contributed by atoms with E-state index in [2.05, 4.69) is 6.07 Å². The molecule has 7 heteroatoms. The van der Waals surface area contributed by atoms with Gasteiger partial charge in [0.1, 0.15) is 17.4 Å². The molecule has 2 heterocycles. The van der Waals surface area contributed by atoms with E-state index in [0.717, 1.165) is 11.1 Å². The molecule has 0 amide bonds. The van der Waals surface area contributed by atoms with Crippen LogP contribution >= 0.6 is 0 Å².